The number of esters is 1. The lowest BCUT2D eigenvalue weighted by atomic mass is 10.1. The molecule has 3 nitrogen and oxygen atoms in total. The minimum absolute atomic E-state index is 0.356. The topological polar surface area (TPSA) is 39.2 Å². The molecule has 0 unspecified atom stereocenters. The Morgan fingerprint density at radius 3 is 2.84 bits per heavy atom. The van der Waals surface area contributed by atoms with Gasteiger partial charge in [0.2, 0.25) is 0 Å². The number of fused-ring (bicyclic) bond motifs is 1. The number of ether oxygens (including phenoxy) is 1. The lowest BCUT2D eigenvalue weighted by Gasteiger charge is -2.11. The second-order valence-electron chi connectivity index (χ2n) is 4.05. The zero-order valence-electron chi connectivity index (χ0n) is 11.0. The van der Waals surface area contributed by atoms with Crippen LogP contribution in [-0.4, -0.2) is 23.8 Å². The van der Waals surface area contributed by atoms with Crippen LogP contribution in [0.1, 0.15) is 22.8 Å². The average molecular weight is 296 g/mol. The van der Waals surface area contributed by atoms with Gasteiger partial charge in [-0.25, -0.2) is 9.78 Å². The van der Waals surface area contributed by atoms with Crippen molar-refractivity contribution in [2.75, 3.05) is 12.9 Å². The van der Waals surface area contributed by atoms with Crippen molar-refractivity contribution in [1.82, 2.24) is 4.98 Å². The first-order chi connectivity index (χ1) is 9.08. The zero-order chi connectivity index (χ0) is 14.0. The summed E-state index contributed by atoms with van der Waals surface area (Å²) in [6, 6.07) is 5.82. The van der Waals surface area contributed by atoms with Gasteiger partial charge in [-0.3, -0.25) is 0 Å². The Kier molecular flexibility index (Phi) is 4.32. The fraction of sp³-hybridized carbons (Fsp3) is 0.286. The van der Waals surface area contributed by atoms with Crippen LogP contribution in [0.5, 0.6) is 0 Å². The van der Waals surface area contributed by atoms with E-state index in [1.54, 1.807) is 0 Å². The highest BCUT2D eigenvalue weighted by Crippen LogP contribution is 2.33. The van der Waals surface area contributed by atoms with E-state index in [0.717, 1.165) is 22.2 Å². The van der Waals surface area contributed by atoms with Crippen molar-refractivity contribution in [3.05, 3.63) is 34.3 Å². The maximum absolute atomic E-state index is 11.9. The number of carbonyl (C=O) groups excluding carboxylic acids is 1. The molecule has 0 N–H and O–H groups in total. The van der Waals surface area contributed by atoms with Crippen molar-refractivity contribution >= 4 is 40.2 Å². The van der Waals surface area contributed by atoms with Crippen LogP contribution in [0.15, 0.2) is 23.2 Å². The summed E-state index contributed by atoms with van der Waals surface area (Å²) < 4.78 is 4.81. The van der Waals surface area contributed by atoms with E-state index in [0.29, 0.717) is 15.6 Å². The van der Waals surface area contributed by atoms with Gasteiger partial charge in [0, 0.05) is 5.39 Å². The van der Waals surface area contributed by atoms with Gasteiger partial charge in [0.1, 0.15) is 10.6 Å². The summed E-state index contributed by atoms with van der Waals surface area (Å²) in [6.07, 6.45) is 0. The number of nitrogens with zero attached hydrogens (tertiary/aromatic N) is 1. The molecule has 1 aromatic carbocycles. The lowest BCUT2D eigenvalue weighted by Crippen LogP contribution is -2.06. The number of hydrogen-bond acceptors (Lipinski definition) is 4. The summed E-state index contributed by atoms with van der Waals surface area (Å²) in [7, 11) is 1.35. The van der Waals surface area contributed by atoms with E-state index >= 15 is 0 Å². The molecule has 0 amide bonds. The molecular weight excluding hydrogens is 282 g/mol. The highest BCUT2D eigenvalue weighted by Gasteiger charge is 2.20. The number of aryl methyl sites for hydroxylation is 1. The lowest BCUT2D eigenvalue weighted by molar-refractivity contribution is 0.0596. The molecule has 2 rings (SSSR count). The Morgan fingerprint density at radius 2 is 2.21 bits per heavy atom. The van der Waals surface area contributed by atoms with Gasteiger partial charge in [0.05, 0.1) is 17.6 Å². The Hall–Kier alpha value is -1.26. The highest BCUT2D eigenvalue weighted by atomic mass is 35.5. The third kappa shape index (κ3) is 2.69. The molecule has 0 spiro atoms. The third-order valence-electron chi connectivity index (χ3n) is 2.71. The van der Waals surface area contributed by atoms with Gasteiger partial charge in [-0.1, -0.05) is 30.2 Å². The van der Waals surface area contributed by atoms with Crippen LogP contribution in [0.3, 0.4) is 0 Å². The van der Waals surface area contributed by atoms with Gasteiger partial charge in [-0.2, -0.15) is 0 Å². The number of halogens is 1. The summed E-state index contributed by atoms with van der Waals surface area (Å²) in [5.74, 6) is 0.363. The van der Waals surface area contributed by atoms with Crippen LogP contribution in [0.25, 0.3) is 10.9 Å². The highest BCUT2D eigenvalue weighted by molar-refractivity contribution is 7.99. The van der Waals surface area contributed by atoms with E-state index in [4.69, 9.17) is 16.3 Å². The van der Waals surface area contributed by atoms with Crippen molar-refractivity contribution in [3.8, 4) is 0 Å². The normalized spacial score (nSPS) is 10.7. The van der Waals surface area contributed by atoms with E-state index in [-0.39, 0.29) is 0 Å². The number of hydrogen-bond donors (Lipinski definition) is 0. The third-order valence-corrected chi connectivity index (χ3v) is 3.96. The molecule has 0 aliphatic heterocycles. The number of pyridine rings is 1. The predicted molar refractivity (Wildman–Crippen MR) is 79.2 cm³/mol. The van der Waals surface area contributed by atoms with E-state index in [2.05, 4.69) is 4.98 Å². The van der Waals surface area contributed by atoms with E-state index in [1.807, 2.05) is 32.0 Å². The molecule has 1 aromatic heterocycles. The van der Waals surface area contributed by atoms with Crippen molar-refractivity contribution < 1.29 is 9.53 Å². The van der Waals surface area contributed by atoms with Crippen molar-refractivity contribution in [1.29, 1.82) is 0 Å². The maximum atomic E-state index is 11.9. The maximum Gasteiger partial charge on any atom is 0.342 e. The van der Waals surface area contributed by atoms with Gasteiger partial charge < -0.3 is 4.74 Å². The van der Waals surface area contributed by atoms with Crippen molar-refractivity contribution in [2.24, 2.45) is 0 Å². The Balaban J connectivity index is 2.77. The van der Waals surface area contributed by atoms with Gasteiger partial charge in [0.25, 0.3) is 0 Å². The first-order valence-electron chi connectivity index (χ1n) is 5.89. The number of carbonyl (C=O) groups is 1. The average Bonchev–Trinajstić information content (AvgIpc) is 2.40. The summed E-state index contributed by atoms with van der Waals surface area (Å²) in [6.45, 7) is 3.98. The summed E-state index contributed by atoms with van der Waals surface area (Å²) >= 11 is 7.86. The molecule has 5 heteroatoms. The van der Waals surface area contributed by atoms with Gasteiger partial charge in [0.15, 0.2) is 0 Å². The molecule has 1 heterocycles. The van der Waals surface area contributed by atoms with Gasteiger partial charge in [-0.05, 0) is 24.8 Å². The molecule has 0 aliphatic carbocycles. The molecule has 0 atom stereocenters. The van der Waals surface area contributed by atoms with Crippen LogP contribution >= 0.6 is 23.4 Å². The van der Waals surface area contributed by atoms with Gasteiger partial charge >= 0.3 is 5.97 Å². The number of methoxy groups -OCH3 is 1. The van der Waals surface area contributed by atoms with Crippen LogP contribution in [0.2, 0.25) is 5.02 Å². The van der Waals surface area contributed by atoms with Crippen LogP contribution in [-0.2, 0) is 4.74 Å². The largest absolute Gasteiger partial charge is 0.465 e. The second kappa shape index (κ2) is 5.80. The first kappa shape index (κ1) is 14.2. The first-order valence-corrected chi connectivity index (χ1v) is 7.25. The predicted octanol–water partition coefficient (Wildman–Crippen LogP) is 4.10. The minimum atomic E-state index is -0.447. The van der Waals surface area contributed by atoms with Gasteiger partial charge in [-0.15, -0.1) is 11.8 Å². The van der Waals surface area contributed by atoms with E-state index in [1.165, 1.54) is 18.9 Å². The molecular formula is C14H14ClNO2S. The summed E-state index contributed by atoms with van der Waals surface area (Å²) in [4.78, 5) is 16.4. The van der Waals surface area contributed by atoms with Crippen LogP contribution < -0.4 is 0 Å². The molecule has 0 saturated carbocycles. The summed E-state index contributed by atoms with van der Waals surface area (Å²) in [5.41, 5.74) is 2.22. The monoisotopic (exact) mass is 295 g/mol. The summed E-state index contributed by atoms with van der Waals surface area (Å²) in [5, 5.41) is 1.81. The van der Waals surface area contributed by atoms with E-state index in [9.17, 15) is 4.79 Å². The Bertz CT molecular complexity index is 643. The number of aromatic nitrogens is 1. The fourth-order valence-electron chi connectivity index (χ4n) is 1.84. The molecule has 100 valence electrons. The number of benzene rings is 1. The molecule has 0 saturated heterocycles. The Labute approximate surface area is 121 Å². The quantitative estimate of drug-likeness (QED) is 0.631. The molecule has 19 heavy (non-hydrogen) atoms. The van der Waals surface area contributed by atoms with Crippen LogP contribution in [0, 0.1) is 6.92 Å². The standard InChI is InChI=1S/C14H14ClNO2S/c1-4-19-13-11(14(17)18-3)12(15)9-7-8(2)5-6-10(9)16-13/h5-7H,4H2,1-3H3. The molecule has 0 bridgehead atoms. The molecule has 0 radical (unpaired) electrons. The second-order valence-corrected chi connectivity index (χ2v) is 5.68. The number of thioether (sulfide) groups is 1. The number of rotatable bonds is 3. The van der Waals surface area contributed by atoms with Crippen molar-refractivity contribution in [2.45, 2.75) is 18.9 Å². The Morgan fingerprint density at radius 1 is 1.47 bits per heavy atom. The minimum Gasteiger partial charge on any atom is -0.465 e. The van der Waals surface area contributed by atoms with Crippen LogP contribution in [0.4, 0.5) is 0 Å². The molecule has 0 aliphatic rings. The van der Waals surface area contributed by atoms with E-state index < -0.39 is 5.97 Å². The molecule has 0 fully saturated rings. The zero-order valence-corrected chi connectivity index (χ0v) is 12.6. The smallest absolute Gasteiger partial charge is 0.342 e. The molecule has 2 aromatic rings. The SMILES string of the molecule is CCSc1nc2ccc(C)cc2c(Cl)c1C(=O)OC. The fourth-order valence-corrected chi connectivity index (χ4v) is 2.98. The van der Waals surface area contributed by atoms with Crippen molar-refractivity contribution in [3.63, 3.8) is 0 Å².